The van der Waals surface area contributed by atoms with Crippen molar-refractivity contribution >= 4 is 34.2 Å². The van der Waals surface area contributed by atoms with Crippen LogP contribution in [0.4, 0.5) is 0 Å². The molecule has 1 aliphatic heterocycles. The molecule has 1 heterocycles. The van der Waals surface area contributed by atoms with Gasteiger partial charge in [0.1, 0.15) is 0 Å². The molecule has 0 spiro atoms. The summed E-state index contributed by atoms with van der Waals surface area (Å²) in [5.41, 5.74) is 0. The van der Waals surface area contributed by atoms with Gasteiger partial charge in [0.25, 0.3) is 0 Å². The van der Waals surface area contributed by atoms with Crippen molar-refractivity contribution < 1.29 is 16.5 Å². The molecule has 0 atom stereocenters. The van der Waals surface area contributed by atoms with Crippen LogP contribution >= 0.6 is 0 Å². The quantitative estimate of drug-likeness (QED) is 0.353. The van der Waals surface area contributed by atoms with Gasteiger partial charge >= 0.3 is 34.2 Å². The summed E-state index contributed by atoms with van der Waals surface area (Å²) in [6.07, 6.45) is 4.36. The molecule has 0 N–H and O–H groups in total. The van der Waals surface area contributed by atoms with E-state index in [4.69, 9.17) is 16.5 Å². The molecular formula is C20H50N2O4Si4. The van der Waals surface area contributed by atoms with Gasteiger partial charge in [0.05, 0.1) is 0 Å². The third kappa shape index (κ3) is 10.1. The minimum Gasteiger partial charge on any atom is -0.416 e. The summed E-state index contributed by atoms with van der Waals surface area (Å²) < 4.78 is 28.2. The van der Waals surface area contributed by atoms with Crippen molar-refractivity contribution in [2.24, 2.45) is 0 Å². The van der Waals surface area contributed by atoms with E-state index in [1.54, 1.807) is 0 Å². The van der Waals surface area contributed by atoms with Gasteiger partial charge in [-0.1, -0.05) is 26.7 Å². The third-order valence-electron chi connectivity index (χ3n) is 5.61. The molecule has 180 valence electrons. The Balaban J connectivity index is 3.17. The molecule has 0 aliphatic carbocycles. The van der Waals surface area contributed by atoms with Crippen molar-refractivity contribution in [1.29, 1.82) is 0 Å². The lowest BCUT2D eigenvalue weighted by Crippen LogP contribution is -2.67. The number of hydrogen-bond acceptors (Lipinski definition) is 6. The van der Waals surface area contributed by atoms with E-state index in [1.165, 1.54) is 0 Å². The molecule has 0 radical (unpaired) electrons. The minimum absolute atomic E-state index is 1.01. The third-order valence-corrected chi connectivity index (χ3v) is 24.8. The highest BCUT2D eigenvalue weighted by Crippen LogP contribution is 2.38. The topological polar surface area (TPSA) is 43.4 Å². The summed E-state index contributed by atoms with van der Waals surface area (Å²) in [5, 5.41) is 0. The van der Waals surface area contributed by atoms with Crippen LogP contribution in [0.15, 0.2) is 0 Å². The molecule has 0 aromatic heterocycles. The van der Waals surface area contributed by atoms with E-state index in [0.717, 1.165) is 62.9 Å². The van der Waals surface area contributed by atoms with Crippen molar-refractivity contribution in [3.8, 4) is 0 Å². The molecule has 0 aromatic carbocycles. The lowest BCUT2D eigenvalue weighted by Gasteiger charge is -2.50. The first-order valence-electron chi connectivity index (χ1n) is 11.9. The second-order valence-electron chi connectivity index (χ2n) is 10.3. The SMILES string of the molecule is CCC[Si]1(C)O[Si](C)(CCCN(C)C)O[Si](C)(CCC)O[Si](C)(CCCN(C)C)O1. The minimum atomic E-state index is -2.38. The van der Waals surface area contributed by atoms with Gasteiger partial charge in [-0.2, -0.15) is 0 Å². The highest BCUT2D eigenvalue weighted by atomic mass is 28.5. The van der Waals surface area contributed by atoms with E-state index < -0.39 is 34.2 Å². The smallest absolute Gasteiger partial charge is 0.317 e. The Kier molecular flexibility index (Phi) is 11.6. The first-order valence-corrected chi connectivity index (χ1v) is 22.0. The molecule has 6 nitrogen and oxygen atoms in total. The van der Waals surface area contributed by atoms with Crippen LogP contribution in [0, 0.1) is 0 Å². The van der Waals surface area contributed by atoms with Crippen LogP contribution in [0.3, 0.4) is 0 Å². The van der Waals surface area contributed by atoms with Crippen LogP contribution in [-0.4, -0.2) is 85.3 Å². The molecule has 0 bridgehead atoms. The molecule has 0 aromatic rings. The highest BCUT2D eigenvalue weighted by molar-refractivity contribution is 6.93. The Morgan fingerprint density at radius 2 is 0.767 bits per heavy atom. The fraction of sp³-hybridized carbons (Fsp3) is 1.00. The maximum absolute atomic E-state index is 7.05. The van der Waals surface area contributed by atoms with E-state index in [-0.39, 0.29) is 0 Å². The molecular weight excluding hydrogens is 445 g/mol. The molecule has 0 amide bonds. The maximum Gasteiger partial charge on any atom is 0.317 e. The molecule has 1 saturated heterocycles. The number of nitrogens with zero attached hydrogens (tertiary/aromatic N) is 2. The molecule has 1 aliphatic rings. The van der Waals surface area contributed by atoms with Gasteiger partial charge in [-0.15, -0.1) is 0 Å². The van der Waals surface area contributed by atoms with Gasteiger partial charge in [0.2, 0.25) is 0 Å². The van der Waals surface area contributed by atoms with E-state index in [2.05, 4.69) is 78.0 Å². The van der Waals surface area contributed by atoms with Gasteiger partial charge < -0.3 is 26.3 Å². The van der Waals surface area contributed by atoms with Crippen LogP contribution in [0.5, 0.6) is 0 Å². The maximum atomic E-state index is 7.05. The predicted molar refractivity (Wildman–Crippen MR) is 137 cm³/mol. The van der Waals surface area contributed by atoms with Crippen LogP contribution in [0.2, 0.25) is 50.4 Å². The lowest BCUT2D eigenvalue weighted by atomic mass is 10.5. The summed E-state index contributed by atoms with van der Waals surface area (Å²) >= 11 is 0. The molecule has 1 rings (SSSR count). The van der Waals surface area contributed by atoms with Crippen LogP contribution < -0.4 is 0 Å². The Morgan fingerprint density at radius 1 is 0.500 bits per heavy atom. The highest BCUT2D eigenvalue weighted by Gasteiger charge is 2.55. The van der Waals surface area contributed by atoms with Gasteiger partial charge in [0.15, 0.2) is 0 Å². The molecule has 1 fully saturated rings. The van der Waals surface area contributed by atoms with Crippen molar-refractivity contribution in [1.82, 2.24) is 9.80 Å². The van der Waals surface area contributed by atoms with Crippen molar-refractivity contribution in [2.45, 2.75) is 89.9 Å². The van der Waals surface area contributed by atoms with E-state index >= 15 is 0 Å². The Bertz CT molecular complexity index is 455. The number of hydrogen-bond donors (Lipinski definition) is 0. The Hall–Kier alpha value is 0.628. The average molecular weight is 495 g/mol. The first kappa shape index (κ1) is 28.7. The largest absolute Gasteiger partial charge is 0.416 e. The molecule has 0 saturated carbocycles. The van der Waals surface area contributed by atoms with Gasteiger partial charge in [-0.05, 0) is 104 Å². The predicted octanol–water partition coefficient (Wildman–Crippen LogP) is 5.08. The Morgan fingerprint density at radius 3 is 1.00 bits per heavy atom. The zero-order valence-electron chi connectivity index (χ0n) is 21.6. The summed E-state index contributed by atoms with van der Waals surface area (Å²) in [7, 11) is -0.961. The van der Waals surface area contributed by atoms with Crippen LogP contribution in [0.1, 0.15) is 39.5 Å². The first-order chi connectivity index (χ1) is 13.8. The van der Waals surface area contributed by atoms with Gasteiger partial charge in [0, 0.05) is 0 Å². The van der Waals surface area contributed by atoms with Gasteiger partial charge in [-0.25, -0.2) is 0 Å². The standard InChI is InChI=1S/C20H50N2O4Si4/c1-11-17-27(7)23-29(9,19-13-15-21(3)4)25-28(8,18-12-2)26-30(10,24-27)20-14-16-22(5)6/h11-20H2,1-10H3. The molecule has 0 unspecified atom stereocenters. The summed E-state index contributed by atoms with van der Waals surface area (Å²) in [4.78, 5) is 4.49. The number of rotatable bonds is 12. The zero-order chi connectivity index (χ0) is 23.1. The average Bonchev–Trinajstić information content (AvgIpc) is 2.51. The molecule has 10 heteroatoms. The van der Waals surface area contributed by atoms with Crippen molar-refractivity contribution in [3.63, 3.8) is 0 Å². The van der Waals surface area contributed by atoms with Crippen molar-refractivity contribution in [2.75, 3.05) is 41.3 Å². The second-order valence-corrected chi connectivity index (χ2v) is 24.6. The fourth-order valence-electron chi connectivity index (χ4n) is 4.66. The summed E-state index contributed by atoms with van der Waals surface area (Å²) in [6, 6.07) is 4.04. The summed E-state index contributed by atoms with van der Waals surface area (Å²) in [6.45, 7) is 15.7. The monoisotopic (exact) mass is 494 g/mol. The van der Waals surface area contributed by atoms with E-state index in [9.17, 15) is 0 Å². The fourth-order valence-corrected chi connectivity index (χ4v) is 28.1. The van der Waals surface area contributed by atoms with E-state index in [0.29, 0.717) is 0 Å². The molecule has 30 heavy (non-hydrogen) atoms. The van der Waals surface area contributed by atoms with E-state index in [1.807, 2.05) is 0 Å². The Labute approximate surface area is 191 Å². The second kappa shape index (κ2) is 12.2. The zero-order valence-corrected chi connectivity index (χ0v) is 25.6. The van der Waals surface area contributed by atoms with Crippen molar-refractivity contribution in [3.05, 3.63) is 0 Å². The van der Waals surface area contributed by atoms with Gasteiger partial charge in [-0.3, -0.25) is 0 Å². The van der Waals surface area contributed by atoms with Crippen LogP contribution in [0.25, 0.3) is 0 Å². The van der Waals surface area contributed by atoms with Crippen LogP contribution in [-0.2, 0) is 16.5 Å². The normalized spacial score (nSPS) is 35.6. The lowest BCUT2D eigenvalue weighted by molar-refractivity contribution is 0.219. The summed E-state index contributed by atoms with van der Waals surface area (Å²) in [5.74, 6) is 0.